The Morgan fingerprint density at radius 3 is 2.48 bits per heavy atom. The summed E-state index contributed by atoms with van der Waals surface area (Å²) in [6, 6.07) is 18.6. The highest BCUT2D eigenvalue weighted by Crippen LogP contribution is 2.24. The van der Waals surface area contributed by atoms with Crippen molar-refractivity contribution >= 4 is 27.5 Å². The summed E-state index contributed by atoms with van der Waals surface area (Å²) in [6.07, 6.45) is 0.811. The van der Waals surface area contributed by atoms with Crippen LogP contribution in [0.2, 0.25) is 0 Å². The van der Waals surface area contributed by atoms with Crippen molar-refractivity contribution in [1.29, 1.82) is 0 Å². The fourth-order valence-electron chi connectivity index (χ4n) is 3.13. The molecule has 3 rings (SSSR count). The topological polar surface area (TPSA) is 53.6 Å². The van der Waals surface area contributed by atoms with Crippen LogP contribution in [0.5, 0.6) is 0 Å². The number of carbonyl (C=O) groups excluding carboxylic acids is 1. The first-order valence-corrected chi connectivity index (χ1v) is 10.1. The molecule has 2 aromatic carbocycles. The lowest BCUT2D eigenvalue weighted by Gasteiger charge is -2.26. The van der Waals surface area contributed by atoms with Crippen molar-refractivity contribution in [3.63, 3.8) is 0 Å². The van der Waals surface area contributed by atoms with Crippen molar-refractivity contribution < 1.29 is 9.53 Å². The first-order chi connectivity index (χ1) is 13.2. The quantitative estimate of drug-likeness (QED) is 0.671. The number of hydrogen-bond acceptors (Lipinski definition) is 4. The molecule has 1 saturated heterocycles. The van der Waals surface area contributed by atoms with Crippen molar-refractivity contribution in [2.24, 2.45) is 0 Å². The van der Waals surface area contributed by atoms with Gasteiger partial charge < -0.3 is 15.4 Å². The molecule has 0 aliphatic carbocycles. The molecule has 2 N–H and O–H groups in total. The zero-order chi connectivity index (χ0) is 18.9. The molecule has 6 heteroatoms. The Bertz CT molecular complexity index is 703. The van der Waals surface area contributed by atoms with Crippen LogP contribution in [0, 0.1) is 0 Å². The van der Waals surface area contributed by atoms with Crippen LogP contribution in [0.4, 0.5) is 5.69 Å². The van der Waals surface area contributed by atoms with Gasteiger partial charge in [-0.1, -0.05) is 46.3 Å². The summed E-state index contributed by atoms with van der Waals surface area (Å²) in [5.41, 5.74) is 2.27. The third kappa shape index (κ3) is 6.65. The summed E-state index contributed by atoms with van der Waals surface area (Å²) in [5, 5.41) is 6.63. The number of nitrogens with one attached hydrogen (secondary N) is 2. The van der Waals surface area contributed by atoms with E-state index < -0.39 is 0 Å². The summed E-state index contributed by atoms with van der Waals surface area (Å²) < 4.78 is 6.38. The number of halogens is 1. The highest BCUT2D eigenvalue weighted by Gasteiger charge is 2.15. The maximum absolute atomic E-state index is 12.2. The van der Waals surface area contributed by atoms with Crippen LogP contribution >= 0.6 is 15.9 Å². The standard InChI is InChI=1S/C21H26BrN3O2/c22-18-8-6-17(7-9-18)20(24-19-4-2-1-3-5-19)10-11-23-21(26)16-25-12-14-27-15-13-25/h1-9,20,24H,10-16H2,(H,23,26). The molecule has 1 heterocycles. The second-order valence-electron chi connectivity index (χ2n) is 6.64. The molecule has 0 saturated carbocycles. The van der Waals surface area contributed by atoms with E-state index in [0.717, 1.165) is 29.7 Å². The number of para-hydroxylation sites is 1. The van der Waals surface area contributed by atoms with Gasteiger partial charge in [0.15, 0.2) is 0 Å². The van der Waals surface area contributed by atoms with Gasteiger partial charge in [0.1, 0.15) is 0 Å². The summed E-state index contributed by atoms with van der Waals surface area (Å²) in [4.78, 5) is 14.3. The molecule has 1 aliphatic rings. The van der Waals surface area contributed by atoms with E-state index in [1.807, 2.05) is 30.3 Å². The van der Waals surface area contributed by atoms with Gasteiger partial charge in [-0.3, -0.25) is 9.69 Å². The van der Waals surface area contributed by atoms with Crippen molar-refractivity contribution in [3.05, 3.63) is 64.6 Å². The predicted molar refractivity (Wildman–Crippen MR) is 112 cm³/mol. The van der Waals surface area contributed by atoms with Crippen molar-refractivity contribution in [1.82, 2.24) is 10.2 Å². The molecule has 0 bridgehead atoms. The molecule has 144 valence electrons. The van der Waals surface area contributed by atoms with Gasteiger partial charge >= 0.3 is 0 Å². The van der Waals surface area contributed by atoms with Gasteiger partial charge in [-0.05, 0) is 36.2 Å². The Morgan fingerprint density at radius 1 is 1.07 bits per heavy atom. The molecule has 27 heavy (non-hydrogen) atoms. The van der Waals surface area contributed by atoms with E-state index >= 15 is 0 Å². The van der Waals surface area contributed by atoms with Crippen LogP contribution in [-0.4, -0.2) is 50.2 Å². The molecule has 5 nitrogen and oxygen atoms in total. The van der Waals surface area contributed by atoms with Crippen LogP contribution in [0.3, 0.4) is 0 Å². The molecule has 1 aliphatic heterocycles. The van der Waals surface area contributed by atoms with Crippen LogP contribution in [0.25, 0.3) is 0 Å². The number of morpholine rings is 1. The highest BCUT2D eigenvalue weighted by molar-refractivity contribution is 9.10. The first-order valence-electron chi connectivity index (χ1n) is 9.34. The van der Waals surface area contributed by atoms with Crippen molar-refractivity contribution in [3.8, 4) is 0 Å². The van der Waals surface area contributed by atoms with Crippen LogP contribution in [0.15, 0.2) is 59.1 Å². The fourth-order valence-corrected chi connectivity index (χ4v) is 3.39. The van der Waals surface area contributed by atoms with E-state index in [9.17, 15) is 4.79 Å². The third-order valence-electron chi connectivity index (χ3n) is 4.61. The number of carbonyl (C=O) groups is 1. The number of hydrogen-bond donors (Lipinski definition) is 2. The molecular weight excluding hydrogens is 406 g/mol. The normalized spacial score (nSPS) is 15.9. The lowest BCUT2D eigenvalue weighted by atomic mass is 10.0. The monoisotopic (exact) mass is 431 g/mol. The Morgan fingerprint density at radius 2 is 1.78 bits per heavy atom. The second kappa shape index (κ2) is 10.4. The number of rotatable bonds is 8. The Kier molecular flexibility index (Phi) is 7.68. The largest absolute Gasteiger partial charge is 0.379 e. The zero-order valence-electron chi connectivity index (χ0n) is 15.4. The van der Waals surface area contributed by atoms with Gasteiger partial charge in [-0.25, -0.2) is 0 Å². The van der Waals surface area contributed by atoms with Gasteiger partial charge in [0.25, 0.3) is 0 Å². The lowest BCUT2D eigenvalue weighted by Crippen LogP contribution is -2.43. The SMILES string of the molecule is O=C(CN1CCOCC1)NCCC(Nc1ccccc1)c1ccc(Br)cc1. The predicted octanol–water partition coefficient (Wildman–Crippen LogP) is 3.44. The van der Waals surface area contributed by atoms with Crippen LogP contribution in [0.1, 0.15) is 18.0 Å². The number of amides is 1. The molecule has 1 fully saturated rings. The molecule has 1 amide bonds. The van der Waals surface area contributed by atoms with E-state index in [1.165, 1.54) is 5.56 Å². The fraction of sp³-hybridized carbons (Fsp3) is 0.381. The minimum absolute atomic E-state index is 0.0752. The summed E-state index contributed by atoms with van der Waals surface area (Å²) in [6.45, 7) is 4.14. The number of benzene rings is 2. The highest BCUT2D eigenvalue weighted by atomic mass is 79.9. The number of anilines is 1. The maximum Gasteiger partial charge on any atom is 0.234 e. The van der Waals surface area contributed by atoms with Gasteiger partial charge in [0.05, 0.1) is 25.8 Å². The van der Waals surface area contributed by atoms with Crippen LogP contribution in [-0.2, 0) is 9.53 Å². The maximum atomic E-state index is 12.2. The third-order valence-corrected chi connectivity index (χ3v) is 5.14. The average molecular weight is 432 g/mol. The van der Waals surface area contributed by atoms with E-state index in [1.54, 1.807) is 0 Å². The van der Waals surface area contributed by atoms with E-state index in [4.69, 9.17) is 4.74 Å². The average Bonchev–Trinajstić information content (AvgIpc) is 2.69. The zero-order valence-corrected chi connectivity index (χ0v) is 17.0. The minimum atomic E-state index is 0.0752. The molecule has 0 aromatic heterocycles. The van der Waals surface area contributed by atoms with E-state index in [2.05, 4.69) is 55.7 Å². The first kappa shape index (κ1) is 19.9. The van der Waals surface area contributed by atoms with Crippen molar-refractivity contribution in [2.75, 3.05) is 44.7 Å². The summed E-state index contributed by atoms with van der Waals surface area (Å²) in [7, 11) is 0. The van der Waals surface area contributed by atoms with Gasteiger partial charge in [-0.2, -0.15) is 0 Å². The Balaban J connectivity index is 1.54. The Hall–Kier alpha value is -1.89. The van der Waals surface area contributed by atoms with Gasteiger partial charge in [0.2, 0.25) is 5.91 Å². The smallest absolute Gasteiger partial charge is 0.234 e. The second-order valence-corrected chi connectivity index (χ2v) is 7.56. The lowest BCUT2D eigenvalue weighted by molar-refractivity contribution is -0.123. The minimum Gasteiger partial charge on any atom is -0.379 e. The van der Waals surface area contributed by atoms with E-state index in [-0.39, 0.29) is 11.9 Å². The number of ether oxygens (including phenoxy) is 1. The summed E-state index contributed by atoms with van der Waals surface area (Å²) in [5.74, 6) is 0.0752. The van der Waals surface area contributed by atoms with Gasteiger partial charge in [0, 0.05) is 29.8 Å². The van der Waals surface area contributed by atoms with Crippen LogP contribution < -0.4 is 10.6 Å². The summed E-state index contributed by atoms with van der Waals surface area (Å²) >= 11 is 3.49. The van der Waals surface area contributed by atoms with E-state index in [0.29, 0.717) is 26.3 Å². The molecular formula is C21H26BrN3O2. The molecule has 2 aromatic rings. The molecule has 1 unspecified atom stereocenters. The molecule has 1 atom stereocenters. The number of nitrogens with zero attached hydrogens (tertiary/aromatic N) is 1. The molecule has 0 spiro atoms. The van der Waals surface area contributed by atoms with Crippen molar-refractivity contribution in [2.45, 2.75) is 12.5 Å². The Labute approximate surface area is 169 Å². The van der Waals surface area contributed by atoms with Gasteiger partial charge in [-0.15, -0.1) is 0 Å². The molecule has 0 radical (unpaired) electrons.